The first-order chi connectivity index (χ1) is 12.1. The smallest absolute Gasteiger partial charge is 0.303 e. The second-order valence-electron chi connectivity index (χ2n) is 7.89. The fourth-order valence-electron chi connectivity index (χ4n) is 4.44. The summed E-state index contributed by atoms with van der Waals surface area (Å²) in [6, 6.07) is 6.99. The number of carbonyl (C=O) groups is 1. The summed E-state index contributed by atoms with van der Waals surface area (Å²) in [6.45, 7) is 4.15. The summed E-state index contributed by atoms with van der Waals surface area (Å²) in [5.41, 5.74) is 3.30. The van der Waals surface area contributed by atoms with E-state index in [1.54, 1.807) is 0 Å². The minimum Gasteiger partial charge on any atom is -0.481 e. The summed E-state index contributed by atoms with van der Waals surface area (Å²) in [6.07, 6.45) is 6.07. The van der Waals surface area contributed by atoms with E-state index in [0.717, 1.165) is 48.8 Å². The zero-order valence-corrected chi connectivity index (χ0v) is 14.9. The largest absolute Gasteiger partial charge is 0.481 e. The van der Waals surface area contributed by atoms with Crippen molar-refractivity contribution < 1.29 is 9.90 Å². The van der Waals surface area contributed by atoms with Gasteiger partial charge in [-0.25, -0.2) is 4.98 Å². The highest BCUT2D eigenvalue weighted by Crippen LogP contribution is 2.34. The molecule has 2 N–H and O–H groups in total. The maximum atomic E-state index is 11.3. The van der Waals surface area contributed by atoms with Crippen LogP contribution in [0.25, 0.3) is 11.0 Å². The average Bonchev–Trinajstić information content (AvgIpc) is 2.89. The van der Waals surface area contributed by atoms with Crippen LogP contribution in [0.15, 0.2) is 18.2 Å². The number of piperidine rings is 1. The van der Waals surface area contributed by atoms with Crippen LogP contribution < -0.4 is 0 Å². The van der Waals surface area contributed by atoms with E-state index in [0.29, 0.717) is 5.92 Å². The molecular formula is C20H27N3O2. The molecule has 5 nitrogen and oxygen atoms in total. The summed E-state index contributed by atoms with van der Waals surface area (Å²) in [7, 11) is 0. The van der Waals surface area contributed by atoms with E-state index in [-0.39, 0.29) is 12.3 Å². The number of benzene rings is 1. The van der Waals surface area contributed by atoms with Crippen molar-refractivity contribution in [1.82, 2.24) is 14.9 Å². The number of fused-ring (bicyclic) bond motifs is 1. The van der Waals surface area contributed by atoms with Gasteiger partial charge in [-0.05, 0) is 62.3 Å². The van der Waals surface area contributed by atoms with Crippen LogP contribution in [-0.4, -0.2) is 45.1 Å². The van der Waals surface area contributed by atoms with E-state index in [9.17, 15) is 9.90 Å². The third-order valence-corrected chi connectivity index (χ3v) is 6.09. The van der Waals surface area contributed by atoms with Crippen molar-refractivity contribution >= 4 is 17.0 Å². The average molecular weight is 341 g/mol. The number of H-pyrrole nitrogens is 1. The minimum absolute atomic E-state index is 0.253. The Hall–Kier alpha value is -1.88. The number of aromatic amines is 1. The van der Waals surface area contributed by atoms with Gasteiger partial charge in [-0.1, -0.05) is 12.5 Å². The molecular weight excluding hydrogens is 314 g/mol. The quantitative estimate of drug-likeness (QED) is 0.875. The van der Waals surface area contributed by atoms with Crippen LogP contribution in [0.5, 0.6) is 0 Å². The van der Waals surface area contributed by atoms with Crippen LogP contribution in [0.2, 0.25) is 0 Å². The number of hydrogen-bond acceptors (Lipinski definition) is 3. The Bertz CT molecular complexity index is 765. The lowest BCUT2D eigenvalue weighted by atomic mass is 9.79. The van der Waals surface area contributed by atoms with Crippen molar-refractivity contribution in [3.63, 3.8) is 0 Å². The number of aromatic nitrogens is 2. The molecule has 134 valence electrons. The normalized spacial score (nSPS) is 25.2. The second-order valence-corrected chi connectivity index (χ2v) is 7.89. The fourth-order valence-corrected chi connectivity index (χ4v) is 4.44. The molecule has 2 heterocycles. The van der Waals surface area contributed by atoms with Crippen LogP contribution in [0.4, 0.5) is 0 Å². The summed E-state index contributed by atoms with van der Waals surface area (Å²) < 4.78 is 0. The first-order valence-corrected chi connectivity index (χ1v) is 9.49. The third-order valence-electron chi connectivity index (χ3n) is 6.09. The van der Waals surface area contributed by atoms with Crippen molar-refractivity contribution in [3.05, 3.63) is 29.6 Å². The predicted octanol–water partition coefficient (Wildman–Crippen LogP) is 3.38. The Kier molecular flexibility index (Phi) is 4.50. The van der Waals surface area contributed by atoms with Gasteiger partial charge in [-0.2, -0.15) is 0 Å². The number of rotatable bonds is 5. The van der Waals surface area contributed by atoms with Gasteiger partial charge in [-0.15, -0.1) is 0 Å². The highest BCUT2D eigenvalue weighted by atomic mass is 16.4. The van der Waals surface area contributed by atoms with E-state index in [2.05, 4.69) is 35.0 Å². The summed E-state index contributed by atoms with van der Waals surface area (Å²) >= 11 is 0. The highest BCUT2D eigenvalue weighted by molar-refractivity contribution is 5.75. The molecule has 5 heteroatoms. The number of carboxylic acid groups (broad SMARTS) is 1. The Balaban J connectivity index is 1.52. The van der Waals surface area contributed by atoms with Gasteiger partial charge in [-0.3, -0.25) is 4.79 Å². The summed E-state index contributed by atoms with van der Waals surface area (Å²) in [4.78, 5) is 22.1. The van der Waals surface area contributed by atoms with Crippen LogP contribution >= 0.6 is 0 Å². The number of likely N-dealkylation sites (tertiary alicyclic amines) is 1. The molecule has 2 unspecified atom stereocenters. The van der Waals surface area contributed by atoms with Crippen molar-refractivity contribution in [1.29, 1.82) is 0 Å². The Morgan fingerprint density at radius 3 is 2.88 bits per heavy atom. The van der Waals surface area contributed by atoms with Gasteiger partial charge in [0, 0.05) is 25.4 Å². The summed E-state index contributed by atoms with van der Waals surface area (Å²) in [5, 5.41) is 9.29. The minimum atomic E-state index is -0.674. The lowest BCUT2D eigenvalue weighted by molar-refractivity contribution is -0.139. The molecule has 0 radical (unpaired) electrons. The number of nitrogens with zero attached hydrogens (tertiary/aromatic N) is 2. The van der Waals surface area contributed by atoms with Gasteiger partial charge in [0.1, 0.15) is 5.82 Å². The molecule has 2 aliphatic rings. The molecule has 1 aliphatic heterocycles. The predicted molar refractivity (Wildman–Crippen MR) is 97.6 cm³/mol. The fraction of sp³-hybridized carbons (Fsp3) is 0.600. The van der Waals surface area contributed by atoms with Crippen molar-refractivity contribution in [2.45, 2.75) is 51.5 Å². The molecule has 1 saturated heterocycles. The van der Waals surface area contributed by atoms with Crippen LogP contribution in [0.3, 0.4) is 0 Å². The molecule has 0 amide bonds. The molecule has 1 aromatic heterocycles. The molecule has 25 heavy (non-hydrogen) atoms. The first-order valence-electron chi connectivity index (χ1n) is 9.49. The van der Waals surface area contributed by atoms with Gasteiger partial charge >= 0.3 is 5.97 Å². The molecule has 1 aliphatic carbocycles. The number of hydrogen-bond donors (Lipinski definition) is 2. The molecule has 2 aromatic rings. The maximum absolute atomic E-state index is 11.3. The van der Waals surface area contributed by atoms with Gasteiger partial charge in [0.25, 0.3) is 0 Å². The van der Waals surface area contributed by atoms with Crippen molar-refractivity contribution in [2.24, 2.45) is 11.8 Å². The van der Waals surface area contributed by atoms with Gasteiger partial charge in [0.2, 0.25) is 0 Å². The van der Waals surface area contributed by atoms with Gasteiger partial charge in [0.05, 0.1) is 11.0 Å². The second kappa shape index (κ2) is 6.79. The molecule has 0 bridgehead atoms. The lowest BCUT2D eigenvalue weighted by Gasteiger charge is -2.45. The van der Waals surface area contributed by atoms with E-state index in [4.69, 9.17) is 4.98 Å². The molecule has 2 atom stereocenters. The third kappa shape index (κ3) is 3.56. The molecule has 2 fully saturated rings. The molecule has 0 spiro atoms. The standard InChI is InChI=1S/C20H27N3O2/c1-13-5-6-17-18(9-13)22-19(21-17)10-15-12-23(16-3-2-4-16)8-7-14(15)11-20(24)25/h5-6,9,14-16H,2-4,7-8,10-12H2,1H3,(H,21,22)(H,24,25). The Labute approximate surface area is 148 Å². The van der Waals surface area contributed by atoms with Gasteiger partial charge < -0.3 is 15.0 Å². The number of nitrogens with one attached hydrogen (secondary N) is 1. The number of aryl methyl sites for hydroxylation is 1. The van der Waals surface area contributed by atoms with Crippen molar-refractivity contribution in [3.8, 4) is 0 Å². The van der Waals surface area contributed by atoms with E-state index < -0.39 is 5.97 Å². The van der Waals surface area contributed by atoms with E-state index in [1.807, 2.05) is 0 Å². The molecule has 1 aromatic carbocycles. The topological polar surface area (TPSA) is 69.2 Å². The Morgan fingerprint density at radius 1 is 1.32 bits per heavy atom. The van der Waals surface area contributed by atoms with Crippen LogP contribution in [-0.2, 0) is 11.2 Å². The molecule has 4 rings (SSSR count). The van der Waals surface area contributed by atoms with E-state index in [1.165, 1.54) is 24.8 Å². The zero-order valence-electron chi connectivity index (χ0n) is 14.9. The lowest BCUT2D eigenvalue weighted by Crippen LogP contribution is -2.49. The van der Waals surface area contributed by atoms with Crippen molar-refractivity contribution in [2.75, 3.05) is 13.1 Å². The Morgan fingerprint density at radius 2 is 2.16 bits per heavy atom. The SMILES string of the molecule is Cc1ccc2nc(CC3CN(C4CCC4)CCC3CC(=O)O)[nH]c2c1. The number of aliphatic carboxylic acids is 1. The summed E-state index contributed by atoms with van der Waals surface area (Å²) in [5.74, 6) is 0.944. The van der Waals surface area contributed by atoms with E-state index >= 15 is 0 Å². The van der Waals surface area contributed by atoms with Crippen LogP contribution in [0.1, 0.15) is 43.5 Å². The first kappa shape index (κ1) is 16.6. The van der Waals surface area contributed by atoms with Gasteiger partial charge in [0.15, 0.2) is 0 Å². The molecule has 1 saturated carbocycles. The maximum Gasteiger partial charge on any atom is 0.303 e. The zero-order chi connectivity index (χ0) is 17.4. The van der Waals surface area contributed by atoms with Crippen LogP contribution in [0, 0.1) is 18.8 Å². The highest BCUT2D eigenvalue weighted by Gasteiger charge is 2.35. The monoisotopic (exact) mass is 341 g/mol. The number of imidazole rings is 1. The number of carboxylic acids is 1.